The van der Waals surface area contributed by atoms with E-state index >= 15 is 0 Å². The predicted octanol–water partition coefficient (Wildman–Crippen LogP) is 1.65. The molecular weight excluding hydrogens is 374 g/mol. The van der Waals surface area contributed by atoms with E-state index < -0.39 is 5.97 Å². The van der Waals surface area contributed by atoms with E-state index in [1.165, 1.54) is 14.2 Å². The lowest BCUT2D eigenvalue weighted by molar-refractivity contribution is -0.142. The van der Waals surface area contributed by atoms with Crippen molar-refractivity contribution in [3.8, 4) is 11.5 Å². The number of carbonyl (C=O) groups is 2. The third-order valence-electron chi connectivity index (χ3n) is 4.83. The highest BCUT2D eigenvalue weighted by molar-refractivity contribution is 6.00. The summed E-state index contributed by atoms with van der Waals surface area (Å²) in [4.78, 5) is 32.5. The van der Waals surface area contributed by atoms with Crippen molar-refractivity contribution in [2.75, 3.05) is 58.5 Å². The molecule has 0 atom stereocenters. The van der Waals surface area contributed by atoms with Gasteiger partial charge in [0.2, 0.25) is 0 Å². The molecule has 3 rings (SSSR count). The number of benzene rings is 1. The van der Waals surface area contributed by atoms with Crippen LogP contribution in [-0.4, -0.2) is 75.2 Å². The number of methoxy groups -OCH3 is 2. The number of rotatable bonds is 8. The second kappa shape index (κ2) is 9.88. The summed E-state index contributed by atoms with van der Waals surface area (Å²) in [6, 6.07) is 8.92. The number of ether oxygens (including phenoxy) is 3. The molecule has 0 radical (unpaired) electrons. The fraction of sp³-hybridized carbons (Fsp3) is 0.381. The molecule has 154 valence electrons. The fourth-order valence-corrected chi connectivity index (χ4v) is 3.20. The van der Waals surface area contributed by atoms with Gasteiger partial charge in [-0.1, -0.05) is 0 Å². The maximum atomic E-state index is 12.8. The fourth-order valence-electron chi connectivity index (χ4n) is 3.20. The lowest BCUT2D eigenvalue weighted by atomic mass is 10.1. The van der Waals surface area contributed by atoms with Crippen molar-refractivity contribution < 1.29 is 23.8 Å². The molecule has 1 aliphatic heterocycles. The van der Waals surface area contributed by atoms with Gasteiger partial charge in [-0.15, -0.1) is 0 Å². The molecule has 0 bridgehead atoms. The molecule has 0 aliphatic carbocycles. The Balaban J connectivity index is 1.57. The second-order valence-corrected chi connectivity index (χ2v) is 6.62. The highest BCUT2D eigenvalue weighted by Gasteiger charge is 2.21. The lowest BCUT2D eigenvalue weighted by Gasteiger charge is -2.35. The first-order chi connectivity index (χ1) is 14.1. The van der Waals surface area contributed by atoms with Gasteiger partial charge in [-0.25, -0.2) is 4.79 Å². The quantitative estimate of drug-likeness (QED) is 0.490. The highest BCUT2D eigenvalue weighted by Crippen LogP contribution is 2.26. The largest absolute Gasteiger partial charge is 0.496 e. The molecular formula is C21H25N3O5. The number of esters is 1. The summed E-state index contributed by atoms with van der Waals surface area (Å²) in [5.41, 5.74) is 1.64. The number of carbonyl (C=O) groups excluding carboxylic acids is 2. The predicted molar refractivity (Wildman–Crippen MR) is 108 cm³/mol. The van der Waals surface area contributed by atoms with Crippen LogP contribution in [0.3, 0.4) is 0 Å². The standard InChI is InChI=1S/C21H25N3O5/c1-27-20-13-17(29-15-21(26)28-2)3-4-18(20)19(25)14-23-9-11-24(12-10-23)16-5-7-22-8-6-16/h3-8,13H,9-12,14-15H2,1-2H3. The first-order valence-electron chi connectivity index (χ1n) is 9.39. The van der Waals surface area contributed by atoms with E-state index in [9.17, 15) is 9.59 Å². The molecule has 0 amide bonds. The van der Waals surface area contributed by atoms with Gasteiger partial charge in [0.05, 0.1) is 26.3 Å². The van der Waals surface area contributed by atoms with Crippen LogP contribution in [0.25, 0.3) is 0 Å². The molecule has 1 fully saturated rings. The van der Waals surface area contributed by atoms with Crippen LogP contribution in [0.4, 0.5) is 5.69 Å². The summed E-state index contributed by atoms with van der Waals surface area (Å²) >= 11 is 0. The van der Waals surface area contributed by atoms with Crippen molar-refractivity contribution in [1.29, 1.82) is 0 Å². The van der Waals surface area contributed by atoms with Crippen molar-refractivity contribution in [3.05, 3.63) is 48.3 Å². The Hall–Kier alpha value is -3.13. The van der Waals surface area contributed by atoms with Crippen molar-refractivity contribution in [1.82, 2.24) is 9.88 Å². The molecule has 0 spiro atoms. The van der Waals surface area contributed by atoms with Gasteiger partial charge in [0.25, 0.3) is 0 Å². The third kappa shape index (κ3) is 5.45. The van der Waals surface area contributed by atoms with Gasteiger partial charge in [-0.05, 0) is 24.3 Å². The molecule has 1 saturated heterocycles. The van der Waals surface area contributed by atoms with Crippen LogP contribution in [0.1, 0.15) is 10.4 Å². The smallest absolute Gasteiger partial charge is 0.343 e. The zero-order valence-corrected chi connectivity index (χ0v) is 16.7. The SMILES string of the molecule is COC(=O)COc1ccc(C(=O)CN2CCN(c3ccncc3)CC2)c(OC)c1. The van der Waals surface area contributed by atoms with Crippen LogP contribution in [-0.2, 0) is 9.53 Å². The summed E-state index contributed by atoms with van der Waals surface area (Å²) in [5, 5.41) is 0. The van der Waals surface area contributed by atoms with Crippen LogP contribution in [0.15, 0.2) is 42.7 Å². The summed E-state index contributed by atoms with van der Waals surface area (Å²) < 4.78 is 15.3. The molecule has 1 aromatic carbocycles. The molecule has 8 heteroatoms. The molecule has 8 nitrogen and oxygen atoms in total. The van der Waals surface area contributed by atoms with Gasteiger partial charge in [0, 0.05) is 50.3 Å². The van der Waals surface area contributed by atoms with Gasteiger partial charge < -0.3 is 19.1 Å². The van der Waals surface area contributed by atoms with Crippen molar-refractivity contribution >= 4 is 17.4 Å². The number of nitrogens with zero attached hydrogens (tertiary/aromatic N) is 3. The minimum absolute atomic E-state index is 0.0151. The van der Waals surface area contributed by atoms with Crippen LogP contribution < -0.4 is 14.4 Å². The average molecular weight is 399 g/mol. The molecule has 2 heterocycles. The van der Waals surface area contributed by atoms with Gasteiger partial charge >= 0.3 is 5.97 Å². The molecule has 0 N–H and O–H groups in total. The first kappa shape index (κ1) is 20.6. The number of hydrogen-bond donors (Lipinski definition) is 0. The van der Waals surface area contributed by atoms with Gasteiger partial charge in [0.15, 0.2) is 12.4 Å². The minimum Gasteiger partial charge on any atom is -0.496 e. The number of aromatic nitrogens is 1. The Morgan fingerprint density at radius 3 is 2.41 bits per heavy atom. The lowest BCUT2D eigenvalue weighted by Crippen LogP contribution is -2.48. The maximum Gasteiger partial charge on any atom is 0.343 e. The molecule has 29 heavy (non-hydrogen) atoms. The number of Topliss-reactive ketones (excluding diaryl/α,β-unsaturated/α-hetero) is 1. The van der Waals surface area contributed by atoms with Gasteiger partial charge in [-0.3, -0.25) is 14.7 Å². The van der Waals surface area contributed by atoms with Gasteiger partial charge in [-0.2, -0.15) is 0 Å². The number of anilines is 1. The number of pyridine rings is 1. The van der Waals surface area contributed by atoms with Crippen LogP contribution >= 0.6 is 0 Å². The van der Waals surface area contributed by atoms with Crippen molar-refractivity contribution in [3.63, 3.8) is 0 Å². The summed E-state index contributed by atoms with van der Waals surface area (Å²) in [6.07, 6.45) is 3.58. The maximum absolute atomic E-state index is 12.8. The highest BCUT2D eigenvalue weighted by atomic mass is 16.6. The van der Waals surface area contributed by atoms with Crippen molar-refractivity contribution in [2.24, 2.45) is 0 Å². The van der Waals surface area contributed by atoms with E-state index in [0.29, 0.717) is 23.6 Å². The zero-order valence-electron chi connectivity index (χ0n) is 16.7. The molecule has 0 saturated carbocycles. The van der Waals surface area contributed by atoms with E-state index in [2.05, 4.69) is 19.5 Å². The summed E-state index contributed by atoms with van der Waals surface area (Å²) in [5.74, 6) is 0.372. The molecule has 1 aromatic heterocycles. The number of hydrogen-bond acceptors (Lipinski definition) is 8. The van der Waals surface area contributed by atoms with E-state index in [4.69, 9.17) is 9.47 Å². The topological polar surface area (TPSA) is 81.2 Å². The average Bonchev–Trinajstić information content (AvgIpc) is 2.78. The summed E-state index contributed by atoms with van der Waals surface area (Å²) in [6.45, 7) is 3.44. The minimum atomic E-state index is -0.477. The van der Waals surface area contributed by atoms with Crippen LogP contribution in [0.5, 0.6) is 11.5 Å². The summed E-state index contributed by atoms with van der Waals surface area (Å²) in [7, 11) is 2.80. The van der Waals surface area contributed by atoms with E-state index in [0.717, 1.165) is 31.9 Å². The van der Waals surface area contributed by atoms with Crippen LogP contribution in [0.2, 0.25) is 0 Å². The number of piperazine rings is 1. The van der Waals surface area contributed by atoms with E-state index in [1.54, 1.807) is 30.6 Å². The second-order valence-electron chi connectivity index (χ2n) is 6.62. The Bertz CT molecular complexity index is 835. The Labute approximate surface area is 170 Å². The van der Waals surface area contributed by atoms with Gasteiger partial charge in [0.1, 0.15) is 11.5 Å². The Morgan fingerprint density at radius 1 is 1.03 bits per heavy atom. The molecule has 0 unspecified atom stereocenters. The molecule has 1 aliphatic rings. The zero-order chi connectivity index (χ0) is 20.6. The Morgan fingerprint density at radius 2 is 1.76 bits per heavy atom. The third-order valence-corrected chi connectivity index (χ3v) is 4.83. The monoisotopic (exact) mass is 399 g/mol. The van der Waals surface area contributed by atoms with Crippen molar-refractivity contribution in [2.45, 2.75) is 0 Å². The Kier molecular flexibility index (Phi) is 7.02. The van der Waals surface area contributed by atoms with E-state index in [-0.39, 0.29) is 12.4 Å². The normalized spacial score (nSPS) is 14.3. The molecule has 2 aromatic rings. The first-order valence-corrected chi connectivity index (χ1v) is 9.39. The number of ketones is 1. The van der Waals surface area contributed by atoms with E-state index in [1.807, 2.05) is 12.1 Å². The van der Waals surface area contributed by atoms with Crippen LogP contribution in [0, 0.1) is 0 Å².